The SMILES string of the molecule is CCCN(C(=O)C(CCC(N)=O)NC(=O)OC(C)(C)C)C(C(=O)NC(Cc1ccccc1)C(=O)OC(C)(C)C)c1ccc(C)c(C)c1. The number of alkyl carbamates (subject to hydrolysis) is 1. The van der Waals surface area contributed by atoms with Crippen molar-refractivity contribution < 1.29 is 33.4 Å². The predicted octanol–water partition coefficient (Wildman–Crippen LogP) is 4.81. The van der Waals surface area contributed by atoms with E-state index in [1.165, 1.54) is 4.90 Å². The second kappa shape index (κ2) is 16.9. The number of esters is 1. The number of aryl methyl sites for hydroxylation is 2. The minimum atomic E-state index is -1.23. The van der Waals surface area contributed by atoms with Gasteiger partial charge in [-0.05, 0) is 90.5 Å². The number of amides is 4. The largest absolute Gasteiger partial charge is 0.458 e. The summed E-state index contributed by atoms with van der Waals surface area (Å²) in [7, 11) is 0. The van der Waals surface area contributed by atoms with Gasteiger partial charge in [0.1, 0.15) is 29.3 Å². The molecule has 3 unspecified atom stereocenters. The van der Waals surface area contributed by atoms with Gasteiger partial charge in [-0.2, -0.15) is 0 Å². The molecule has 0 saturated carbocycles. The molecule has 0 fully saturated rings. The topological polar surface area (TPSA) is 157 Å². The van der Waals surface area contributed by atoms with Crippen LogP contribution in [0.3, 0.4) is 0 Å². The van der Waals surface area contributed by atoms with E-state index in [0.717, 1.165) is 16.7 Å². The van der Waals surface area contributed by atoms with Crippen LogP contribution in [-0.4, -0.2) is 64.5 Å². The highest BCUT2D eigenvalue weighted by molar-refractivity contribution is 5.94. The number of primary amides is 1. The molecule has 47 heavy (non-hydrogen) atoms. The van der Waals surface area contributed by atoms with Crippen LogP contribution in [0.1, 0.15) is 96.0 Å². The highest BCUT2D eigenvalue weighted by atomic mass is 16.6. The fraction of sp³-hybridized carbons (Fsp3) is 0.528. The molecule has 4 amide bonds. The Kier molecular flexibility index (Phi) is 14.0. The first-order chi connectivity index (χ1) is 21.8. The van der Waals surface area contributed by atoms with Gasteiger partial charge < -0.3 is 30.7 Å². The van der Waals surface area contributed by atoms with Gasteiger partial charge in [-0.25, -0.2) is 9.59 Å². The number of nitrogens with one attached hydrogen (secondary N) is 2. The third-order valence-electron chi connectivity index (χ3n) is 7.11. The van der Waals surface area contributed by atoms with E-state index in [4.69, 9.17) is 15.2 Å². The zero-order chi connectivity index (χ0) is 35.5. The lowest BCUT2D eigenvalue weighted by molar-refractivity contribution is -0.159. The van der Waals surface area contributed by atoms with Gasteiger partial charge in [-0.15, -0.1) is 0 Å². The summed E-state index contributed by atoms with van der Waals surface area (Å²) in [5, 5.41) is 5.47. The molecule has 0 aliphatic carbocycles. The van der Waals surface area contributed by atoms with Gasteiger partial charge in [0.2, 0.25) is 17.7 Å². The number of hydrogen-bond donors (Lipinski definition) is 3. The van der Waals surface area contributed by atoms with Gasteiger partial charge in [-0.1, -0.05) is 55.5 Å². The molecule has 4 N–H and O–H groups in total. The number of nitrogens with zero attached hydrogens (tertiary/aromatic N) is 1. The molecule has 0 bridgehead atoms. The first kappa shape index (κ1) is 38.8. The van der Waals surface area contributed by atoms with Crippen LogP contribution in [0.4, 0.5) is 4.79 Å². The van der Waals surface area contributed by atoms with Crippen molar-refractivity contribution >= 4 is 29.8 Å². The van der Waals surface area contributed by atoms with Crippen molar-refractivity contribution in [3.05, 3.63) is 70.8 Å². The van der Waals surface area contributed by atoms with E-state index in [0.29, 0.717) is 12.0 Å². The quantitative estimate of drug-likeness (QED) is 0.247. The molecule has 11 nitrogen and oxygen atoms in total. The zero-order valence-electron chi connectivity index (χ0n) is 29.3. The highest BCUT2D eigenvalue weighted by Gasteiger charge is 2.38. The van der Waals surface area contributed by atoms with Crippen LogP contribution >= 0.6 is 0 Å². The summed E-state index contributed by atoms with van der Waals surface area (Å²) in [6, 6.07) is 11.2. The summed E-state index contributed by atoms with van der Waals surface area (Å²) in [4.78, 5) is 68.2. The number of benzene rings is 2. The van der Waals surface area contributed by atoms with E-state index in [2.05, 4.69) is 10.6 Å². The maximum absolute atomic E-state index is 14.4. The van der Waals surface area contributed by atoms with Crippen molar-refractivity contribution in [1.82, 2.24) is 15.5 Å². The van der Waals surface area contributed by atoms with E-state index in [-0.39, 0.29) is 25.8 Å². The van der Waals surface area contributed by atoms with Crippen LogP contribution in [-0.2, 0) is 35.1 Å². The normalized spacial score (nSPS) is 13.5. The summed E-state index contributed by atoms with van der Waals surface area (Å²) in [6.45, 7) is 16.1. The Morgan fingerprint density at radius 1 is 0.830 bits per heavy atom. The van der Waals surface area contributed by atoms with Gasteiger partial charge >= 0.3 is 12.1 Å². The first-order valence-electron chi connectivity index (χ1n) is 16.0. The van der Waals surface area contributed by atoms with Crippen LogP contribution in [0, 0.1) is 13.8 Å². The smallest absolute Gasteiger partial charge is 0.408 e. The molecule has 0 aromatic heterocycles. The van der Waals surface area contributed by atoms with E-state index in [1.54, 1.807) is 47.6 Å². The van der Waals surface area contributed by atoms with Crippen molar-refractivity contribution in [1.29, 1.82) is 0 Å². The molecule has 0 aliphatic rings. The van der Waals surface area contributed by atoms with E-state index >= 15 is 0 Å². The Morgan fingerprint density at radius 3 is 1.98 bits per heavy atom. The van der Waals surface area contributed by atoms with Crippen molar-refractivity contribution in [2.45, 2.75) is 117 Å². The van der Waals surface area contributed by atoms with Gasteiger partial charge in [0, 0.05) is 19.4 Å². The lowest BCUT2D eigenvalue weighted by Gasteiger charge is -2.35. The van der Waals surface area contributed by atoms with Crippen LogP contribution in [0.15, 0.2) is 48.5 Å². The fourth-order valence-electron chi connectivity index (χ4n) is 4.88. The third-order valence-corrected chi connectivity index (χ3v) is 7.11. The van der Waals surface area contributed by atoms with Crippen LogP contribution in [0.5, 0.6) is 0 Å². The number of nitrogens with two attached hydrogens (primary N) is 1. The lowest BCUT2D eigenvalue weighted by atomic mass is 9.97. The van der Waals surface area contributed by atoms with Gasteiger partial charge in [0.05, 0.1) is 0 Å². The minimum absolute atomic E-state index is 0.108. The molecular weight excluding hydrogens is 600 g/mol. The summed E-state index contributed by atoms with van der Waals surface area (Å²) >= 11 is 0. The number of hydrogen-bond acceptors (Lipinski definition) is 7. The Labute approximate surface area is 278 Å². The molecule has 3 atom stereocenters. The summed E-state index contributed by atoms with van der Waals surface area (Å²) < 4.78 is 11.1. The molecule has 258 valence electrons. The number of rotatable bonds is 14. The summed E-state index contributed by atoms with van der Waals surface area (Å²) in [6.07, 6.45) is -0.524. The second-order valence-electron chi connectivity index (χ2n) is 13.8. The lowest BCUT2D eigenvalue weighted by Crippen LogP contribution is -2.55. The van der Waals surface area contributed by atoms with Crippen molar-refractivity contribution in [3.8, 4) is 0 Å². The van der Waals surface area contributed by atoms with E-state index in [1.807, 2.05) is 63.2 Å². The minimum Gasteiger partial charge on any atom is -0.458 e. The standard InChI is InChI=1S/C36H52N4O7/c1-10-20-40(32(43)27(18-19-29(37)41)39-34(45)47-36(7,8)9)30(26-17-16-23(2)24(3)21-26)31(42)38-28(33(44)46-35(4,5)6)22-25-14-12-11-13-15-25/h11-17,21,27-28,30H,10,18-20,22H2,1-9H3,(H2,37,41)(H,38,42)(H,39,45). The van der Waals surface area contributed by atoms with E-state index < -0.39 is 59.1 Å². The third kappa shape index (κ3) is 13.1. The Bertz CT molecular complexity index is 1400. The van der Waals surface area contributed by atoms with Gasteiger partial charge in [0.25, 0.3) is 0 Å². The Balaban J connectivity index is 2.62. The maximum atomic E-state index is 14.4. The molecule has 0 heterocycles. The average molecular weight is 653 g/mol. The summed E-state index contributed by atoms with van der Waals surface area (Å²) in [5.41, 5.74) is 6.96. The molecule has 11 heteroatoms. The van der Waals surface area contributed by atoms with Crippen LogP contribution in [0.25, 0.3) is 0 Å². The molecular formula is C36H52N4O7. The maximum Gasteiger partial charge on any atom is 0.408 e. The number of carbonyl (C=O) groups excluding carboxylic acids is 5. The zero-order valence-corrected chi connectivity index (χ0v) is 29.3. The van der Waals surface area contributed by atoms with Gasteiger partial charge in [0.15, 0.2) is 0 Å². The molecule has 0 radical (unpaired) electrons. The van der Waals surface area contributed by atoms with Crippen molar-refractivity contribution in [2.75, 3.05) is 6.54 Å². The molecule has 2 rings (SSSR count). The Morgan fingerprint density at radius 2 is 1.45 bits per heavy atom. The van der Waals surface area contributed by atoms with Crippen LogP contribution in [0.2, 0.25) is 0 Å². The molecule has 2 aromatic rings. The number of carbonyl (C=O) groups is 5. The van der Waals surface area contributed by atoms with Gasteiger partial charge in [-0.3, -0.25) is 14.4 Å². The highest BCUT2D eigenvalue weighted by Crippen LogP contribution is 2.26. The van der Waals surface area contributed by atoms with E-state index in [9.17, 15) is 24.0 Å². The van der Waals surface area contributed by atoms with Crippen molar-refractivity contribution in [3.63, 3.8) is 0 Å². The van der Waals surface area contributed by atoms with Crippen molar-refractivity contribution in [2.24, 2.45) is 5.73 Å². The molecule has 2 aromatic carbocycles. The molecule has 0 aliphatic heterocycles. The Hall–Kier alpha value is -4.41. The van der Waals surface area contributed by atoms with Crippen LogP contribution < -0.4 is 16.4 Å². The molecule has 0 saturated heterocycles. The predicted molar refractivity (Wildman–Crippen MR) is 180 cm³/mol. The second-order valence-corrected chi connectivity index (χ2v) is 13.8. The summed E-state index contributed by atoms with van der Waals surface area (Å²) in [5.74, 6) is -2.48. The monoisotopic (exact) mass is 652 g/mol. The first-order valence-corrected chi connectivity index (χ1v) is 16.0. The molecule has 0 spiro atoms. The fourth-order valence-corrected chi connectivity index (χ4v) is 4.88. The number of ether oxygens (including phenoxy) is 2. The average Bonchev–Trinajstić information content (AvgIpc) is 2.94.